The minimum absolute atomic E-state index is 0.155. The summed E-state index contributed by atoms with van der Waals surface area (Å²) < 4.78 is 6.00. The maximum atomic E-state index is 10.1. The second-order valence-corrected chi connectivity index (χ2v) is 10.6. The van der Waals surface area contributed by atoms with E-state index in [1.54, 1.807) is 0 Å². The number of benzene rings is 2. The third-order valence-corrected chi connectivity index (χ3v) is 7.75. The van der Waals surface area contributed by atoms with E-state index in [9.17, 15) is 5.26 Å². The van der Waals surface area contributed by atoms with Crippen molar-refractivity contribution in [3.8, 4) is 22.9 Å². The van der Waals surface area contributed by atoms with Gasteiger partial charge in [0.25, 0.3) is 0 Å². The van der Waals surface area contributed by atoms with Crippen LogP contribution in [0.25, 0.3) is 11.1 Å². The molecule has 0 heterocycles. The highest BCUT2D eigenvalue weighted by molar-refractivity contribution is 5.64. The number of nitrogens with zero attached hydrogens (tertiary/aromatic N) is 1. The lowest BCUT2D eigenvalue weighted by Gasteiger charge is -2.36. The van der Waals surface area contributed by atoms with Crippen LogP contribution >= 0.6 is 0 Å². The summed E-state index contributed by atoms with van der Waals surface area (Å²) in [5.41, 5.74) is 3.66. The second-order valence-electron chi connectivity index (χ2n) is 10.6. The van der Waals surface area contributed by atoms with Crippen molar-refractivity contribution in [3.63, 3.8) is 0 Å². The first-order valence-corrected chi connectivity index (χ1v) is 14.0. The lowest BCUT2D eigenvalue weighted by atomic mass is 9.66. The van der Waals surface area contributed by atoms with E-state index in [1.165, 1.54) is 42.4 Å². The van der Waals surface area contributed by atoms with Gasteiger partial charge in [0.05, 0.1) is 17.6 Å². The zero-order valence-electron chi connectivity index (χ0n) is 22.0. The summed E-state index contributed by atoms with van der Waals surface area (Å²) in [5.74, 6) is 1.42. The number of hydrogen-bond acceptors (Lipinski definition) is 3. The van der Waals surface area contributed by atoms with Crippen molar-refractivity contribution >= 4 is 0 Å². The fourth-order valence-electron chi connectivity index (χ4n) is 5.69. The van der Waals surface area contributed by atoms with Crippen LogP contribution in [0.4, 0.5) is 0 Å². The fraction of sp³-hybridized carbons (Fsp3) is 0.594. The van der Waals surface area contributed by atoms with Gasteiger partial charge >= 0.3 is 0 Å². The van der Waals surface area contributed by atoms with Crippen LogP contribution in [0.15, 0.2) is 48.5 Å². The molecular weight excluding hydrogens is 430 g/mol. The molecule has 190 valence electrons. The van der Waals surface area contributed by atoms with Crippen LogP contribution < -0.4 is 4.74 Å². The Hall–Kier alpha value is -2.31. The van der Waals surface area contributed by atoms with Crippen LogP contribution in [0.1, 0.15) is 109 Å². The second kappa shape index (κ2) is 14.3. The maximum absolute atomic E-state index is 10.1. The summed E-state index contributed by atoms with van der Waals surface area (Å²) in [4.78, 5) is 0. The van der Waals surface area contributed by atoms with E-state index in [-0.39, 0.29) is 11.5 Å². The first-order chi connectivity index (χ1) is 17.1. The molecule has 3 atom stereocenters. The predicted molar refractivity (Wildman–Crippen MR) is 146 cm³/mol. The summed E-state index contributed by atoms with van der Waals surface area (Å²) in [6.07, 6.45) is 14.7. The molecule has 0 aliphatic heterocycles. The van der Waals surface area contributed by atoms with Crippen molar-refractivity contribution in [2.24, 2.45) is 5.41 Å². The minimum atomic E-state index is -0.155. The largest absolute Gasteiger partial charge is 0.491 e. The van der Waals surface area contributed by atoms with Crippen molar-refractivity contribution in [2.75, 3.05) is 6.61 Å². The molecule has 3 rings (SSSR count). The summed E-state index contributed by atoms with van der Waals surface area (Å²) in [5, 5.41) is 19.0. The van der Waals surface area contributed by atoms with Crippen molar-refractivity contribution in [1.29, 1.82) is 5.26 Å². The molecule has 1 fully saturated rings. The Morgan fingerprint density at radius 1 is 0.971 bits per heavy atom. The molecule has 1 aliphatic carbocycles. The standard InChI is InChI=1S/C32H45NO2/c1-3-11-26(2)35-31-19-17-28(18-20-31)27-13-15-29(16-14-27)30-12-10-22-32(24-30,25-33)21-8-6-4-5-7-9-23-34/h13-20,26,30,34H,3-12,21-24H2,1-2H3. The van der Waals surface area contributed by atoms with Crippen molar-refractivity contribution < 1.29 is 9.84 Å². The number of aliphatic hydroxyl groups excluding tert-OH is 1. The summed E-state index contributed by atoms with van der Waals surface area (Å²) in [7, 11) is 0. The summed E-state index contributed by atoms with van der Waals surface area (Å²) >= 11 is 0. The molecule has 35 heavy (non-hydrogen) atoms. The molecule has 1 N–H and O–H groups in total. The molecule has 0 amide bonds. The summed E-state index contributed by atoms with van der Waals surface area (Å²) in [6.45, 7) is 4.62. The van der Waals surface area contributed by atoms with Gasteiger partial charge < -0.3 is 9.84 Å². The highest BCUT2D eigenvalue weighted by Crippen LogP contribution is 2.46. The molecular formula is C32H45NO2. The van der Waals surface area contributed by atoms with E-state index in [4.69, 9.17) is 9.84 Å². The smallest absolute Gasteiger partial charge is 0.119 e. The number of rotatable bonds is 14. The molecule has 3 nitrogen and oxygen atoms in total. The van der Waals surface area contributed by atoms with E-state index in [2.05, 4.69) is 68.4 Å². The van der Waals surface area contributed by atoms with Gasteiger partial charge in [-0.2, -0.15) is 5.26 Å². The number of ether oxygens (including phenoxy) is 1. The van der Waals surface area contributed by atoms with Crippen LogP contribution in [0, 0.1) is 16.7 Å². The molecule has 3 heteroatoms. The average Bonchev–Trinajstić information content (AvgIpc) is 2.89. The molecule has 1 saturated carbocycles. The van der Waals surface area contributed by atoms with Gasteiger partial charge in [0, 0.05) is 6.61 Å². The first kappa shape index (κ1) is 27.3. The lowest BCUT2D eigenvalue weighted by Crippen LogP contribution is -2.26. The van der Waals surface area contributed by atoms with E-state index in [0.717, 1.165) is 63.5 Å². The molecule has 0 aromatic heterocycles. The van der Waals surface area contributed by atoms with Crippen molar-refractivity contribution in [2.45, 2.75) is 109 Å². The Labute approximate surface area is 213 Å². The third-order valence-electron chi connectivity index (χ3n) is 7.75. The number of aliphatic hydroxyl groups is 1. The monoisotopic (exact) mass is 475 g/mol. The Morgan fingerprint density at radius 2 is 1.60 bits per heavy atom. The van der Waals surface area contributed by atoms with E-state index >= 15 is 0 Å². The zero-order valence-corrected chi connectivity index (χ0v) is 22.0. The lowest BCUT2D eigenvalue weighted by molar-refractivity contribution is 0.210. The minimum Gasteiger partial charge on any atom is -0.491 e. The van der Waals surface area contributed by atoms with Gasteiger partial charge in [-0.15, -0.1) is 0 Å². The topological polar surface area (TPSA) is 53.2 Å². The Balaban J connectivity index is 1.55. The molecule has 2 aromatic carbocycles. The van der Waals surface area contributed by atoms with Gasteiger partial charge in [0.15, 0.2) is 0 Å². The zero-order chi connectivity index (χ0) is 24.9. The van der Waals surface area contributed by atoms with Gasteiger partial charge in [-0.25, -0.2) is 0 Å². The average molecular weight is 476 g/mol. The predicted octanol–water partition coefficient (Wildman–Crippen LogP) is 8.81. The van der Waals surface area contributed by atoms with Crippen LogP contribution in [-0.2, 0) is 0 Å². The van der Waals surface area contributed by atoms with E-state index in [1.807, 2.05) is 0 Å². The van der Waals surface area contributed by atoms with E-state index < -0.39 is 0 Å². The molecule has 1 aliphatic rings. The molecule has 0 spiro atoms. The summed E-state index contributed by atoms with van der Waals surface area (Å²) in [6, 6.07) is 20.2. The van der Waals surface area contributed by atoms with Gasteiger partial charge in [-0.1, -0.05) is 88.3 Å². The van der Waals surface area contributed by atoms with Crippen LogP contribution in [0.3, 0.4) is 0 Å². The Morgan fingerprint density at radius 3 is 2.23 bits per heavy atom. The van der Waals surface area contributed by atoms with Gasteiger partial charge in [-0.05, 0) is 80.2 Å². The Bertz CT molecular complexity index is 899. The number of hydrogen-bond donors (Lipinski definition) is 1. The quantitative estimate of drug-likeness (QED) is 0.278. The maximum Gasteiger partial charge on any atom is 0.119 e. The molecule has 2 aromatic rings. The third kappa shape index (κ3) is 8.39. The molecule has 0 bridgehead atoms. The highest BCUT2D eigenvalue weighted by Gasteiger charge is 2.36. The fourth-order valence-corrected chi connectivity index (χ4v) is 5.69. The normalized spacial score (nSPS) is 20.8. The SMILES string of the molecule is CCCC(C)Oc1ccc(-c2ccc(C3CCCC(C#N)(CCCCCCCCO)C3)cc2)cc1. The number of nitriles is 1. The van der Waals surface area contributed by atoms with Crippen LogP contribution in [-0.4, -0.2) is 17.8 Å². The molecule has 0 saturated heterocycles. The van der Waals surface area contributed by atoms with Crippen LogP contribution in [0.2, 0.25) is 0 Å². The van der Waals surface area contributed by atoms with Crippen LogP contribution in [0.5, 0.6) is 5.75 Å². The molecule has 0 radical (unpaired) electrons. The highest BCUT2D eigenvalue weighted by atomic mass is 16.5. The van der Waals surface area contributed by atoms with Gasteiger partial charge in [-0.3, -0.25) is 0 Å². The van der Waals surface area contributed by atoms with E-state index in [0.29, 0.717) is 12.5 Å². The van der Waals surface area contributed by atoms with Crippen molar-refractivity contribution in [1.82, 2.24) is 0 Å². The molecule has 3 unspecified atom stereocenters. The Kier molecular flexibility index (Phi) is 11.1. The van der Waals surface area contributed by atoms with Gasteiger partial charge in [0.1, 0.15) is 5.75 Å². The first-order valence-electron chi connectivity index (χ1n) is 14.0. The van der Waals surface area contributed by atoms with Gasteiger partial charge in [0.2, 0.25) is 0 Å². The number of unbranched alkanes of at least 4 members (excludes halogenated alkanes) is 5. The van der Waals surface area contributed by atoms with Crippen molar-refractivity contribution in [3.05, 3.63) is 54.1 Å².